The van der Waals surface area contributed by atoms with Crippen LogP contribution in [0.2, 0.25) is 0 Å². The van der Waals surface area contributed by atoms with E-state index in [1.807, 2.05) is 0 Å². The van der Waals surface area contributed by atoms with Crippen molar-refractivity contribution in [2.75, 3.05) is 11.9 Å². The van der Waals surface area contributed by atoms with Gasteiger partial charge < -0.3 is 10.1 Å². The van der Waals surface area contributed by atoms with Gasteiger partial charge in [0.25, 0.3) is 5.91 Å². The van der Waals surface area contributed by atoms with Crippen LogP contribution in [0.25, 0.3) is 0 Å². The lowest BCUT2D eigenvalue weighted by atomic mass is 10.2. The van der Waals surface area contributed by atoms with E-state index in [0.29, 0.717) is 10.0 Å². The first-order valence-corrected chi connectivity index (χ1v) is 7.34. The maximum absolute atomic E-state index is 13.6. The number of ether oxygens (including phenoxy) is 1. The largest absolute Gasteiger partial charge is 0.452 e. The van der Waals surface area contributed by atoms with E-state index < -0.39 is 30.1 Å². The van der Waals surface area contributed by atoms with Crippen molar-refractivity contribution in [3.05, 3.63) is 63.6 Å². The fourth-order valence-electron chi connectivity index (χ4n) is 1.77. The standard InChI is InChI=1S/C16H12BrF2NO3/c1-9-2-5-14(13(19)6-9)20-15(21)8-23-16(22)11-7-10(18)3-4-12(11)17/h2-7H,8H2,1H3,(H,20,21). The molecular formula is C16H12BrF2NO3. The van der Waals surface area contributed by atoms with Crippen LogP contribution in [0.1, 0.15) is 15.9 Å². The van der Waals surface area contributed by atoms with Crippen LogP contribution in [0.4, 0.5) is 14.5 Å². The van der Waals surface area contributed by atoms with Gasteiger partial charge in [0.15, 0.2) is 6.61 Å². The highest BCUT2D eigenvalue weighted by Crippen LogP contribution is 2.19. The Kier molecular flexibility index (Phi) is 5.44. The zero-order valence-corrected chi connectivity index (χ0v) is 13.6. The van der Waals surface area contributed by atoms with E-state index in [-0.39, 0.29) is 11.3 Å². The van der Waals surface area contributed by atoms with Crippen LogP contribution < -0.4 is 5.32 Å². The van der Waals surface area contributed by atoms with E-state index in [1.165, 1.54) is 24.3 Å². The number of nitrogens with one attached hydrogen (secondary N) is 1. The Labute approximate surface area is 139 Å². The minimum atomic E-state index is -0.865. The third-order valence-corrected chi connectivity index (χ3v) is 3.57. The molecule has 4 nitrogen and oxygen atoms in total. The van der Waals surface area contributed by atoms with Crippen LogP contribution in [-0.2, 0) is 9.53 Å². The van der Waals surface area contributed by atoms with Crippen LogP contribution >= 0.6 is 15.9 Å². The van der Waals surface area contributed by atoms with Crippen LogP contribution in [0.3, 0.4) is 0 Å². The number of aryl methyl sites for hydroxylation is 1. The van der Waals surface area contributed by atoms with Crippen molar-refractivity contribution in [3.8, 4) is 0 Å². The minimum absolute atomic E-state index is 0.0106. The lowest BCUT2D eigenvalue weighted by Gasteiger charge is -2.08. The number of benzene rings is 2. The van der Waals surface area contributed by atoms with Gasteiger partial charge in [-0.3, -0.25) is 4.79 Å². The van der Waals surface area contributed by atoms with Gasteiger partial charge in [-0.1, -0.05) is 6.07 Å². The minimum Gasteiger partial charge on any atom is -0.452 e. The average Bonchev–Trinajstić information content (AvgIpc) is 2.50. The summed E-state index contributed by atoms with van der Waals surface area (Å²) in [7, 11) is 0. The molecule has 2 aromatic rings. The lowest BCUT2D eigenvalue weighted by molar-refractivity contribution is -0.119. The van der Waals surface area contributed by atoms with Gasteiger partial charge in [0, 0.05) is 4.47 Å². The Morgan fingerprint density at radius 3 is 2.61 bits per heavy atom. The van der Waals surface area contributed by atoms with E-state index in [4.69, 9.17) is 4.74 Å². The number of halogens is 3. The first-order chi connectivity index (χ1) is 10.9. The number of carbonyl (C=O) groups excluding carboxylic acids is 2. The maximum atomic E-state index is 13.6. The van der Waals surface area contributed by atoms with Gasteiger partial charge in [0.1, 0.15) is 11.6 Å². The normalized spacial score (nSPS) is 10.3. The number of amides is 1. The quantitative estimate of drug-likeness (QED) is 0.816. The molecule has 0 spiro atoms. The van der Waals surface area contributed by atoms with Crippen LogP contribution in [0.5, 0.6) is 0 Å². The Hall–Kier alpha value is -2.28. The topological polar surface area (TPSA) is 55.4 Å². The summed E-state index contributed by atoms with van der Waals surface area (Å²) in [4.78, 5) is 23.5. The van der Waals surface area contributed by atoms with Crippen molar-refractivity contribution in [1.29, 1.82) is 0 Å². The Morgan fingerprint density at radius 2 is 1.91 bits per heavy atom. The fraction of sp³-hybridized carbons (Fsp3) is 0.125. The molecular weight excluding hydrogens is 372 g/mol. The highest BCUT2D eigenvalue weighted by molar-refractivity contribution is 9.10. The van der Waals surface area contributed by atoms with E-state index in [2.05, 4.69) is 21.2 Å². The van der Waals surface area contributed by atoms with Crippen molar-refractivity contribution >= 4 is 33.5 Å². The monoisotopic (exact) mass is 383 g/mol. The number of rotatable bonds is 4. The Balaban J connectivity index is 1.96. The first kappa shape index (κ1) is 17.1. The van der Waals surface area contributed by atoms with Crippen molar-refractivity contribution in [2.45, 2.75) is 6.92 Å². The van der Waals surface area contributed by atoms with Crippen molar-refractivity contribution < 1.29 is 23.1 Å². The third kappa shape index (κ3) is 4.59. The average molecular weight is 384 g/mol. The molecule has 0 bridgehead atoms. The fourth-order valence-corrected chi connectivity index (χ4v) is 2.18. The molecule has 1 N–H and O–H groups in total. The first-order valence-electron chi connectivity index (χ1n) is 6.55. The zero-order valence-electron chi connectivity index (χ0n) is 12.0. The van der Waals surface area contributed by atoms with Crippen LogP contribution in [0.15, 0.2) is 40.9 Å². The number of carbonyl (C=O) groups is 2. The predicted molar refractivity (Wildman–Crippen MR) is 84.1 cm³/mol. The summed E-state index contributed by atoms with van der Waals surface area (Å²) in [5, 5.41) is 2.29. The summed E-state index contributed by atoms with van der Waals surface area (Å²) in [5.74, 6) is -2.76. The summed E-state index contributed by atoms with van der Waals surface area (Å²) < 4.78 is 31.9. The molecule has 2 rings (SSSR count). The highest BCUT2D eigenvalue weighted by atomic mass is 79.9. The van der Waals surface area contributed by atoms with E-state index >= 15 is 0 Å². The van der Waals surface area contributed by atoms with Gasteiger partial charge in [0.2, 0.25) is 0 Å². The molecule has 0 aliphatic heterocycles. The van der Waals surface area contributed by atoms with E-state index in [9.17, 15) is 18.4 Å². The molecule has 23 heavy (non-hydrogen) atoms. The molecule has 120 valence electrons. The van der Waals surface area contributed by atoms with Gasteiger partial charge in [0.05, 0.1) is 11.3 Å². The van der Waals surface area contributed by atoms with Crippen LogP contribution in [0, 0.1) is 18.6 Å². The number of anilines is 1. The lowest BCUT2D eigenvalue weighted by Crippen LogP contribution is -2.21. The molecule has 0 aliphatic carbocycles. The smallest absolute Gasteiger partial charge is 0.339 e. The Bertz CT molecular complexity index is 765. The van der Waals surface area contributed by atoms with Gasteiger partial charge in [-0.25, -0.2) is 13.6 Å². The van der Waals surface area contributed by atoms with Crippen molar-refractivity contribution in [2.24, 2.45) is 0 Å². The second kappa shape index (κ2) is 7.32. The second-order valence-electron chi connectivity index (χ2n) is 4.73. The van der Waals surface area contributed by atoms with Gasteiger partial charge >= 0.3 is 5.97 Å². The molecule has 0 saturated heterocycles. The van der Waals surface area contributed by atoms with Gasteiger partial charge in [-0.05, 0) is 58.7 Å². The third-order valence-electron chi connectivity index (χ3n) is 2.88. The second-order valence-corrected chi connectivity index (χ2v) is 5.59. The molecule has 0 fully saturated rings. The Morgan fingerprint density at radius 1 is 1.17 bits per heavy atom. The van der Waals surface area contributed by atoms with Crippen LogP contribution in [-0.4, -0.2) is 18.5 Å². The maximum Gasteiger partial charge on any atom is 0.339 e. The zero-order chi connectivity index (χ0) is 17.0. The van der Waals surface area contributed by atoms with E-state index in [1.54, 1.807) is 13.0 Å². The highest BCUT2D eigenvalue weighted by Gasteiger charge is 2.15. The predicted octanol–water partition coefficient (Wildman–Crippen LogP) is 3.83. The molecule has 0 saturated carbocycles. The molecule has 1 amide bonds. The molecule has 0 unspecified atom stereocenters. The molecule has 0 heterocycles. The number of esters is 1. The molecule has 2 aromatic carbocycles. The molecule has 0 atom stereocenters. The summed E-state index contributed by atoms with van der Waals surface area (Å²) >= 11 is 3.09. The number of hydrogen-bond acceptors (Lipinski definition) is 3. The molecule has 0 aromatic heterocycles. The molecule has 0 aliphatic rings. The summed E-state index contributed by atoms with van der Waals surface area (Å²) in [6.07, 6.45) is 0. The SMILES string of the molecule is Cc1ccc(NC(=O)COC(=O)c2cc(F)ccc2Br)c(F)c1. The van der Waals surface area contributed by atoms with Gasteiger partial charge in [-0.2, -0.15) is 0 Å². The summed E-state index contributed by atoms with van der Waals surface area (Å²) in [6.45, 7) is 1.10. The summed E-state index contributed by atoms with van der Waals surface area (Å²) in [6, 6.07) is 7.83. The summed E-state index contributed by atoms with van der Waals surface area (Å²) in [5.41, 5.74) is 0.658. The van der Waals surface area contributed by atoms with Crippen molar-refractivity contribution in [3.63, 3.8) is 0 Å². The van der Waals surface area contributed by atoms with Gasteiger partial charge in [-0.15, -0.1) is 0 Å². The number of hydrogen-bond donors (Lipinski definition) is 1. The molecule has 7 heteroatoms. The molecule has 0 radical (unpaired) electrons. The van der Waals surface area contributed by atoms with E-state index in [0.717, 1.165) is 6.07 Å². The van der Waals surface area contributed by atoms with Crippen molar-refractivity contribution in [1.82, 2.24) is 0 Å².